The zero-order valence-electron chi connectivity index (χ0n) is 16.6. The van der Waals surface area contributed by atoms with Crippen molar-refractivity contribution in [3.8, 4) is 0 Å². The lowest BCUT2D eigenvalue weighted by atomic mass is 9.66. The molecular weight excluding hydrogens is 486 g/mol. The van der Waals surface area contributed by atoms with Crippen LogP contribution in [0.25, 0.3) is 0 Å². The monoisotopic (exact) mass is 502 g/mol. The van der Waals surface area contributed by atoms with Crippen molar-refractivity contribution in [3.05, 3.63) is 139 Å². The summed E-state index contributed by atoms with van der Waals surface area (Å²) >= 11 is 25.6. The Balaban J connectivity index is 2.18. The average molecular weight is 504 g/mol. The molecule has 0 radical (unpaired) electrons. The predicted octanol–water partition coefficient (Wildman–Crippen LogP) is 7.47. The van der Waals surface area contributed by atoms with Gasteiger partial charge in [0.15, 0.2) is 11.2 Å². The highest BCUT2D eigenvalue weighted by molar-refractivity contribution is 6.52. The van der Waals surface area contributed by atoms with E-state index in [1.807, 2.05) is 18.2 Å². The molecule has 4 rings (SSSR count). The van der Waals surface area contributed by atoms with Gasteiger partial charge in [0.05, 0.1) is 20.1 Å². The van der Waals surface area contributed by atoms with Crippen molar-refractivity contribution in [2.45, 2.75) is 11.2 Å². The van der Waals surface area contributed by atoms with Gasteiger partial charge in [-0.15, -0.1) is 0 Å². The van der Waals surface area contributed by atoms with Crippen molar-refractivity contribution in [1.82, 2.24) is 0 Å². The van der Waals surface area contributed by atoms with Gasteiger partial charge in [-0.3, -0.25) is 0 Å². The first kappa shape index (κ1) is 23.1. The van der Waals surface area contributed by atoms with E-state index < -0.39 is 11.2 Å². The fourth-order valence-corrected chi connectivity index (χ4v) is 4.96. The molecule has 162 valence electrons. The molecule has 0 aromatic heterocycles. The van der Waals surface area contributed by atoms with Gasteiger partial charge >= 0.3 is 0 Å². The fraction of sp³-hybridized carbons (Fsp3) is 0.0769. The first-order chi connectivity index (χ1) is 15.3. The second-order valence-corrected chi connectivity index (χ2v) is 8.91. The molecule has 0 heterocycles. The molecule has 0 fully saturated rings. The third kappa shape index (κ3) is 3.62. The topological polar surface area (TPSA) is 40.5 Å². The summed E-state index contributed by atoms with van der Waals surface area (Å²) < 4.78 is 0. The van der Waals surface area contributed by atoms with Crippen LogP contribution in [0.1, 0.15) is 22.3 Å². The van der Waals surface area contributed by atoms with Crippen LogP contribution in [0.15, 0.2) is 97.1 Å². The van der Waals surface area contributed by atoms with E-state index in [0.717, 1.165) is 0 Å². The number of benzene rings is 4. The van der Waals surface area contributed by atoms with E-state index in [1.54, 1.807) is 72.8 Å². The summed E-state index contributed by atoms with van der Waals surface area (Å²) in [5.41, 5.74) is -2.63. The lowest BCUT2D eigenvalue weighted by Crippen LogP contribution is -2.51. The molecule has 0 saturated heterocycles. The Kier molecular flexibility index (Phi) is 6.56. The van der Waals surface area contributed by atoms with Crippen molar-refractivity contribution in [3.63, 3.8) is 0 Å². The van der Waals surface area contributed by atoms with Gasteiger partial charge in [0, 0.05) is 5.56 Å². The number of hydrogen-bond donors (Lipinski definition) is 2. The van der Waals surface area contributed by atoms with E-state index in [-0.39, 0.29) is 25.7 Å². The molecule has 0 spiro atoms. The van der Waals surface area contributed by atoms with Gasteiger partial charge < -0.3 is 10.2 Å². The normalized spacial score (nSPS) is 13.6. The van der Waals surface area contributed by atoms with E-state index in [4.69, 9.17) is 46.4 Å². The van der Waals surface area contributed by atoms with E-state index >= 15 is 0 Å². The lowest BCUT2D eigenvalue weighted by Gasteiger charge is -2.45. The summed E-state index contributed by atoms with van der Waals surface area (Å²) in [5, 5.41) is 25.3. The summed E-state index contributed by atoms with van der Waals surface area (Å²) in [7, 11) is 0. The largest absolute Gasteiger partial charge is 0.377 e. The molecule has 1 unspecified atom stereocenters. The molecule has 0 aliphatic carbocycles. The zero-order valence-corrected chi connectivity index (χ0v) is 19.7. The lowest BCUT2D eigenvalue weighted by molar-refractivity contribution is -0.113. The van der Waals surface area contributed by atoms with Crippen LogP contribution in [-0.2, 0) is 11.2 Å². The molecule has 0 saturated carbocycles. The number of halogens is 4. The van der Waals surface area contributed by atoms with Gasteiger partial charge in [0.25, 0.3) is 0 Å². The maximum atomic E-state index is 12.6. The van der Waals surface area contributed by atoms with Crippen molar-refractivity contribution in [1.29, 1.82) is 0 Å². The SMILES string of the molecule is OC(c1ccccc1)(c1ccccc1)C(O)(c1ccccc1)c1cc(Cl)c(Cl)c(Cl)c1Cl. The van der Waals surface area contributed by atoms with Crippen LogP contribution in [0.4, 0.5) is 0 Å². The van der Waals surface area contributed by atoms with E-state index in [9.17, 15) is 10.2 Å². The molecule has 0 amide bonds. The molecule has 1 atom stereocenters. The maximum absolute atomic E-state index is 12.6. The minimum absolute atomic E-state index is 0.00212. The van der Waals surface area contributed by atoms with Crippen LogP contribution in [-0.4, -0.2) is 10.2 Å². The van der Waals surface area contributed by atoms with Gasteiger partial charge in [-0.05, 0) is 22.8 Å². The highest BCUT2D eigenvalue weighted by atomic mass is 35.5. The Morgan fingerprint density at radius 2 is 0.844 bits per heavy atom. The first-order valence-electron chi connectivity index (χ1n) is 9.76. The molecule has 6 heteroatoms. The Morgan fingerprint density at radius 3 is 1.25 bits per heavy atom. The quantitative estimate of drug-likeness (QED) is 0.219. The second-order valence-electron chi connectivity index (χ2n) is 7.37. The van der Waals surface area contributed by atoms with Gasteiger partial charge in [0.1, 0.15) is 0 Å². The number of hydrogen-bond acceptors (Lipinski definition) is 2. The van der Waals surface area contributed by atoms with Crippen LogP contribution in [0.2, 0.25) is 20.1 Å². The van der Waals surface area contributed by atoms with Gasteiger partial charge in [-0.25, -0.2) is 0 Å². The molecule has 32 heavy (non-hydrogen) atoms. The van der Waals surface area contributed by atoms with Gasteiger partial charge in [-0.1, -0.05) is 137 Å². The van der Waals surface area contributed by atoms with Crippen molar-refractivity contribution >= 4 is 46.4 Å². The van der Waals surface area contributed by atoms with E-state index in [0.29, 0.717) is 16.7 Å². The van der Waals surface area contributed by atoms with Crippen LogP contribution >= 0.6 is 46.4 Å². The van der Waals surface area contributed by atoms with Crippen LogP contribution in [0, 0.1) is 0 Å². The number of rotatable bonds is 5. The Labute approximate surface area is 206 Å². The molecule has 0 bridgehead atoms. The molecule has 2 nitrogen and oxygen atoms in total. The van der Waals surface area contributed by atoms with Gasteiger partial charge in [0.2, 0.25) is 0 Å². The predicted molar refractivity (Wildman–Crippen MR) is 132 cm³/mol. The molecule has 4 aromatic carbocycles. The fourth-order valence-electron chi connectivity index (χ4n) is 4.02. The van der Waals surface area contributed by atoms with Crippen molar-refractivity contribution in [2.24, 2.45) is 0 Å². The zero-order chi connectivity index (χ0) is 22.9. The Morgan fingerprint density at radius 1 is 0.469 bits per heavy atom. The molecule has 0 aliphatic heterocycles. The average Bonchev–Trinajstić information content (AvgIpc) is 2.85. The highest BCUT2D eigenvalue weighted by Crippen LogP contribution is 2.53. The minimum atomic E-state index is -2.09. The maximum Gasteiger partial charge on any atom is 0.153 e. The van der Waals surface area contributed by atoms with Crippen LogP contribution < -0.4 is 0 Å². The van der Waals surface area contributed by atoms with Crippen LogP contribution in [0.3, 0.4) is 0 Å². The summed E-state index contributed by atoms with van der Waals surface area (Å²) in [5.74, 6) is 0. The van der Waals surface area contributed by atoms with E-state index in [1.165, 1.54) is 6.07 Å². The van der Waals surface area contributed by atoms with E-state index in [2.05, 4.69) is 0 Å². The second kappa shape index (κ2) is 9.07. The third-order valence-electron chi connectivity index (χ3n) is 5.59. The molecular formula is C26H18Cl4O2. The smallest absolute Gasteiger partial charge is 0.153 e. The third-order valence-corrected chi connectivity index (χ3v) is 7.34. The van der Waals surface area contributed by atoms with Gasteiger partial charge in [-0.2, -0.15) is 0 Å². The first-order valence-corrected chi connectivity index (χ1v) is 11.3. The summed E-state index contributed by atoms with van der Waals surface area (Å²) in [4.78, 5) is 0. The van der Waals surface area contributed by atoms with Crippen molar-refractivity contribution < 1.29 is 10.2 Å². The summed E-state index contributed by atoms with van der Waals surface area (Å²) in [6.07, 6.45) is 0. The Bertz CT molecular complexity index is 1190. The standard InChI is InChI=1S/C26H18Cl4O2/c27-21-16-20(22(28)24(30)23(21)29)26(32,19-14-8-3-9-15-19)25(31,17-10-4-1-5-11-17)18-12-6-2-7-13-18/h1-16,31-32H. The number of aliphatic hydroxyl groups is 2. The summed E-state index contributed by atoms with van der Waals surface area (Å²) in [6.45, 7) is 0. The highest BCUT2D eigenvalue weighted by Gasteiger charge is 2.55. The summed E-state index contributed by atoms with van der Waals surface area (Å²) in [6, 6.07) is 28.0. The van der Waals surface area contributed by atoms with Crippen molar-refractivity contribution in [2.75, 3.05) is 0 Å². The molecule has 0 aliphatic rings. The van der Waals surface area contributed by atoms with Crippen LogP contribution in [0.5, 0.6) is 0 Å². The minimum Gasteiger partial charge on any atom is -0.377 e. The molecule has 4 aromatic rings. The molecule has 2 N–H and O–H groups in total. The Hall–Kier alpha value is -2.04.